The van der Waals surface area contributed by atoms with Gasteiger partial charge in [-0.2, -0.15) is 22.5 Å². The van der Waals surface area contributed by atoms with E-state index in [0.29, 0.717) is 24.6 Å². The average Bonchev–Trinajstić information content (AvgIpc) is 2.87. The average molecular weight is 302 g/mol. The third-order valence-electron chi connectivity index (χ3n) is 2.58. The summed E-state index contributed by atoms with van der Waals surface area (Å²) in [5.74, 6) is -1.11. The lowest BCUT2D eigenvalue weighted by molar-refractivity contribution is -0.144. The van der Waals surface area contributed by atoms with Crippen LogP contribution in [0.5, 0.6) is 0 Å². The second kappa shape index (κ2) is 6.19. The maximum Gasteiger partial charge on any atom is 0.452 e. The molecule has 0 aliphatic heterocycles. The Morgan fingerprint density at radius 2 is 1.80 bits per heavy atom. The predicted molar refractivity (Wildman–Crippen MR) is 71.4 cm³/mol. The minimum atomic E-state index is -4.50. The van der Waals surface area contributed by atoms with Crippen molar-refractivity contribution in [1.82, 2.24) is 9.36 Å². The molecule has 1 heterocycles. The molecule has 8 heteroatoms. The molecule has 0 saturated carbocycles. The van der Waals surface area contributed by atoms with E-state index in [1.807, 2.05) is 24.3 Å². The van der Waals surface area contributed by atoms with Crippen LogP contribution in [-0.4, -0.2) is 15.9 Å². The molecule has 0 radical (unpaired) electrons. The Bertz CT molecular complexity index is 551. The van der Waals surface area contributed by atoms with Crippen LogP contribution in [0.4, 0.5) is 18.3 Å². The van der Waals surface area contributed by atoms with Crippen LogP contribution < -0.4 is 11.1 Å². The number of benzene rings is 1. The minimum Gasteiger partial charge on any atom is -0.356 e. The molecule has 4 nitrogen and oxygen atoms in total. The molecule has 0 bridgehead atoms. The van der Waals surface area contributed by atoms with Gasteiger partial charge in [0.25, 0.3) is 0 Å². The monoisotopic (exact) mass is 302 g/mol. The van der Waals surface area contributed by atoms with E-state index in [0.717, 1.165) is 17.5 Å². The largest absolute Gasteiger partial charge is 0.452 e. The first-order valence-electron chi connectivity index (χ1n) is 5.91. The van der Waals surface area contributed by atoms with E-state index in [2.05, 4.69) is 14.7 Å². The van der Waals surface area contributed by atoms with Crippen molar-refractivity contribution in [3.05, 3.63) is 41.2 Å². The van der Waals surface area contributed by atoms with Crippen LogP contribution in [0.25, 0.3) is 0 Å². The molecule has 20 heavy (non-hydrogen) atoms. The summed E-state index contributed by atoms with van der Waals surface area (Å²) in [7, 11) is 0. The number of halogens is 3. The zero-order valence-electron chi connectivity index (χ0n) is 10.4. The van der Waals surface area contributed by atoms with Crippen molar-refractivity contribution in [2.75, 3.05) is 11.9 Å². The minimum absolute atomic E-state index is 0.156. The highest BCUT2D eigenvalue weighted by molar-refractivity contribution is 7.09. The van der Waals surface area contributed by atoms with E-state index in [-0.39, 0.29) is 5.13 Å². The number of nitrogens with zero attached hydrogens (tertiary/aromatic N) is 2. The lowest BCUT2D eigenvalue weighted by Crippen LogP contribution is -2.07. The molecule has 0 atom stereocenters. The molecule has 0 aliphatic rings. The summed E-state index contributed by atoms with van der Waals surface area (Å²) < 4.78 is 40.2. The first kappa shape index (κ1) is 14.7. The van der Waals surface area contributed by atoms with E-state index in [9.17, 15) is 13.2 Å². The molecule has 0 spiro atoms. The van der Waals surface area contributed by atoms with E-state index in [1.165, 1.54) is 0 Å². The Balaban J connectivity index is 1.93. The maximum absolute atomic E-state index is 12.3. The van der Waals surface area contributed by atoms with E-state index in [1.54, 1.807) is 0 Å². The Morgan fingerprint density at radius 3 is 2.35 bits per heavy atom. The predicted octanol–water partition coefficient (Wildman–Crippen LogP) is 2.67. The molecule has 108 valence electrons. The quantitative estimate of drug-likeness (QED) is 0.891. The zero-order chi connectivity index (χ0) is 14.6. The van der Waals surface area contributed by atoms with Crippen molar-refractivity contribution in [3.63, 3.8) is 0 Å². The van der Waals surface area contributed by atoms with Crippen LogP contribution >= 0.6 is 11.5 Å². The molecular formula is C12H13F3N4S. The number of nitrogens with two attached hydrogens (primary N) is 1. The highest BCUT2D eigenvalue weighted by Crippen LogP contribution is 2.29. The number of hydrogen-bond acceptors (Lipinski definition) is 5. The lowest BCUT2D eigenvalue weighted by Gasteiger charge is -2.04. The van der Waals surface area contributed by atoms with Crippen LogP contribution in [0.15, 0.2) is 24.3 Å². The highest BCUT2D eigenvalue weighted by Gasteiger charge is 2.36. The summed E-state index contributed by atoms with van der Waals surface area (Å²) in [5, 5.41) is 2.98. The second-order valence-electron chi connectivity index (χ2n) is 4.13. The molecule has 0 amide bonds. The van der Waals surface area contributed by atoms with E-state index in [4.69, 9.17) is 5.73 Å². The van der Waals surface area contributed by atoms with Gasteiger partial charge in [-0.05, 0) is 24.1 Å². The van der Waals surface area contributed by atoms with Gasteiger partial charge in [0.2, 0.25) is 11.0 Å². The standard InChI is InChI=1S/C12H13F3N4S/c13-12(14,15)10-18-11(20-19-10)17-7-9-3-1-8(2-4-9)5-6-16/h1-4H,5-7,16H2,(H,17,18,19). The third kappa shape index (κ3) is 3.91. The van der Waals surface area contributed by atoms with Crippen molar-refractivity contribution >= 4 is 16.7 Å². The van der Waals surface area contributed by atoms with E-state index < -0.39 is 12.0 Å². The summed E-state index contributed by atoms with van der Waals surface area (Å²) in [4.78, 5) is 3.40. The van der Waals surface area contributed by atoms with Gasteiger partial charge in [-0.3, -0.25) is 0 Å². The molecule has 0 fully saturated rings. The number of aromatic nitrogens is 2. The van der Waals surface area contributed by atoms with Gasteiger partial charge in [-0.1, -0.05) is 24.3 Å². The molecular weight excluding hydrogens is 289 g/mol. The van der Waals surface area contributed by atoms with Crippen LogP contribution in [0.3, 0.4) is 0 Å². The SMILES string of the molecule is NCCc1ccc(CNc2nc(C(F)(F)F)ns2)cc1. The molecule has 2 rings (SSSR count). The Morgan fingerprint density at radius 1 is 1.15 bits per heavy atom. The van der Waals surface area contributed by atoms with Gasteiger partial charge in [0.1, 0.15) is 0 Å². The molecule has 0 aliphatic carbocycles. The molecule has 0 saturated heterocycles. The maximum atomic E-state index is 12.3. The van der Waals surface area contributed by atoms with Crippen LogP contribution in [0.2, 0.25) is 0 Å². The van der Waals surface area contributed by atoms with Gasteiger partial charge >= 0.3 is 6.18 Å². The summed E-state index contributed by atoms with van der Waals surface area (Å²) in [5.41, 5.74) is 7.54. The fourth-order valence-electron chi connectivity index (χ4n) is 1.58. The first-order valence-corrected chi connectivity index (χ1v) is 6.69. The van der Waals surface area contributed by atoms with Gasteiger partial charge in [0.15, 0.2) is 0 Å². The summed E-state index contributed by atoms with van der Waals surface area (Å²) in [6.45, 7) is 0.984. The number of anilines is 1. The summed E-state index contributed by atoms with van der Waals surface area (Å²) in [6.07, 6.45) is -3.70. The number of nitrogens with one attached hydrogen (secondary N) is 1. The molecule has 0 unspecified atom stereocenters. The molecule has 3 N–H and O–H groups in total. The fraction of sp³-hybridized carbons (Fsp3) is 0.333. The summed E-state index contributed by atoms with van der Waals surface area (Å²) >= 11 is 0.698. The molecule has 2 aromatic rings. The second-order valence-corrected chi connectivity index (χ2v) is 4.88. The van der Waals surface area contributed by atoms with Crippen LogP contribution in [0.1, 0.15) is 17.0 Å². The first-order chi connectivity index (χ1) is 9.49. The number of alkyl halides is 3. The Kier molecular flexibility index (Phi) is 4.56. The summed E-state index contributed by atoms with van der Waals surface area (Å²) in [6, 6.07) is 7.71. The van der Waals surface area contributed by atoms with Gasteiger partial charge < -0.3 is 11.1 Å². The Hall–Kier alpha value is -1.67. The van der Waals surface area contributed by atoms with Gasteiger partial charge in [0.05, 0.1) is 0 Å². The van der Waals surface area contributed by atoms with Crippen LogP contribution in [-0.2, 0) is 19.1 Å². The van der Waals surface area contributed by atoms with Gasteiger partial charge in [-0.15, -0.1) is 0 Å². The van der Waals surface area contributed by atoms with Crippen molar-refractivity contribution in [3.8, 4) is 0 Å². The molecule has 1 aromatic heterocycles. The van der Waals surface area contributed by atoms with Crippen molar-refractivity contribution < 1.29 is 13.2 Å². The van der Waals surface area contributed by atoms with Crippen LogP contribution in [0, 0.1) is 0 Å². The van der Waals surface area contributed by atoms with Crippen molar-refractivity contribution in [2.45, 2.75) is 19.1 Å². The lowest BCUT2D eigenvalue weighted by atomic mass is 10.1. The molecule has 1 aromatic carbocycles. The topological polar surface area (TPSA) is 63.8 Å². The van der Waals surface area contributed by atoms with Crippen molar-refractivity contribution in [2.24, 2.45) is 5.73 Å². The van der Waals surface area contributed by atoms with E-state index >= 15 is 0 Å². The highest BCUT2D eigenvalue weighted by atomic mass is 32.1. The Labute approximate surface area is 118 Å². The number of hydrogen-bond donors (Lipinski definition) is 2. The normalized spacial score (nSPS) is 11.6. The fourth-order valence-corrected chi connectivity index (χ4v) is 2.16. The van der Waals surface area contributed by atoms with Gasteiger partial charge in [0, 0.05) is 18.1 Å². The van der Waals surface area contributed by atoms with Crippen molar-refractivity contribution in [1.29, 1.82) is 0 Å². The number of rotatable bonds is 5. The smallest absolute Gasteiger partial charge is 0.356 e. The third-order valence-corrected chi connectivity index (χ3v) is 3.25. The zero-order valence-corrected chi connectivity index (χ0v) is 11.3. The van der Waals surface area contributed by atoms with Gasteiger partial charge in [-0.25, -0.2) is 0 Å².